The number of nitrogens with zero attached hydrogens (tertiary/aromatic N) is 2. The molecule has 0 spiro atoms. The topological polar surface area (TPSA) is 58.4 Å². The zero-order valence-electron chi connectivity index (χ0n) is 11.2. The minimum atomic E-state index is -1.14. The fourth-order valence-electron chi connectivity index (χ4n) is 2.53. The van der Waals surface area contributed by atoms with Gasteiger partial charge in [0.1, 0.15) is 11.5 Å². The van der Waals surface area contributed by atoms with Gasteiger partial charge in [0.05, 0.1) is 4.92 Å². The van der Waals surface area contributed by atoms with E-state index >= 15 is 0 Å². The fraction of sp³-hybridized carbons (Fsp3) is 0.538. The zero-order valence-corrected chi connectivity index (χ0v) is 11.2. The van der Waals surface area contributed by atoms with E-state index in [1.165, 1.54) is 4.90 Å². The predicted molar refractivity (Wildman–Crippen MR) is 71.9 cm³/mol. The van der Waals surface area contributed by atoms with Crippen molar-refractivity contribution in [3.05, 3.63) is 33.9 Å². The van der Waals surface area contributed by atoms with Gasteiger partial charge >= 0.3 is 5.69 Å². The number of nitro groups is 1. The van der Waals surface area contributed by atoms with E-state index in [1.54, 1.807) is 7.05 Å². The van der Waals surface area contributed by atoms with Gasteiger partial charge in [-0.05, 0) is 19.4 Å². The maximum absolute atomic E-state index is 13.6. The summed E-state index contributed by atoms with van der Waals surface area (Å²) < 4.78 is 26.9. The second kappa shape index (κ2) is 6.13. The SMILES string of the molecule is CN(CC1CCCCN1)c1cc(F)cc(F)c1[N+](=O)[O-]. The number of benzene rings is 1. The Bertz CT molecular complexity index is 505. The van der Waals surface area contributed by atoms with Crippen LogP contribution in [0.4, 0.5) is 20.2 Å². The monoisotopic (exact) mass is 285 g/mol. The minimum absolute atomic E-state index is 0.0279. The van der Waals surface area contributed by atoms with Gasteiger partial charge in [-0.25, -0.2) is 4.39 Å². The second-order valence-electron chi connectivity index (χ2n) is 5.04. The molecule has 1 aliphatic heterocycles. The summed E-state index contributed by atoms with van der Waals surface area (Å²) >= 11 is 0. The standard InChI is InChI=1S/C13H17F2N3O2/c1-17(8-10-4-2-3-5-16-10)12-7-9(14)6-11(15)13(12)18(19)20/h6-7,10,16H,2-5,8H2,1H3. The van der Waals surface area contributed by atoms with Crippen molar-refractivity contribution in [2.45, 2.75) is 25.3 Å². The quantitative estimate of drug-likeness (QED) is 0.682. The molecular weight excluding hydrogens is 268 g/mol. The third-order valence-corrected chi connectivity index (χ3v) is 3.51. The molecule has 1 fully saturated rings. The van der Waals surface area contributed by atoms with E-state index in [0.29, 0.717) is 12.6 Å². The van der Waals surface area contributed by atoms with Crippen LogP contribution in [0.3, 0.4) is 0 Å². The van der Waals surface area contributed by atoms with E-state index in [9.17, 15) is 18.9 Å². The Morgan fingerprint density at radius 1 is 1.45 bits per heavy atom. The van der Waals surface area contributed by atoms with Gasteiger partial charge in [-0.2, -0.15) is 4.39 Å². The molecule has 1 unspecified atom stereocenters. The van der Waals surface area contributed by atoms with Gasteiger partial charge in [-0.15, -0.1) is 0 Å². The van der Waals surface area contributed by atoms with Crippen molar-refractivity contribution < 1.29 is 13.7 Å². The smallest absolute Gasteiger partial charge is 0.328 e. The molecule has 5 nitrogen and oxygen atoms in total. The molecule has 20 heavy (non-hydrogen) atoms. The maximum atomic E-state index is 13.6. The summed E-state index contributed by atoms with van der Waals surface area (Å²) in [5.41, 5.74) is -0.704. The zero-order chi connectivity index (χ0) is 14.7. The highest BCUT2D eigenvalue weighted by atomic mass is 19.1. The minimum Gasteiger partial charge on any atom is -0.367 e. The average molecular weight is 285 g/mol. The largest absolute Gasteiger partial charge is 0.367 e. The number of anilines is 1. The first-order valence-electron chi connectivity index (χ1n) is 6.57. The summed E-state index contributed by atoms with van der Waals surface area (Å²) in [4.78, 5) is 11.7. The van der Waals surface area contributed by atoms with Crippen LogP contribution in [0.25, 0.3) is 0 Å². The van der Waals surface area contributed by atoms with E-state index in [1.807, 2.05) is 0 Å². The third kappa shape index (κ3) is 3.22. The van der Waals surface area contributed by atoms with Crippen LogP contribution in [0.2, 0.25) is 0 Å². The Hall–Kier alpha value is -1.76. The van der Waals surface area contributed by atoms with Crippen LogP contribution in [0.5, 0.6) is 0 Å². The average Bonchev–Trinajstić information content (AvgIpc) is 2.38. The normalized spacial score (nSPS) is 18.9. The van der Waals surface area contributed by atoms with Crippen LogP contribution < -0.4 is 10.2 Å². The number of rotatable bonds is 4. The van der Waals surface area contributed by atoms with E-state index in [2.05, 4.69) is 5.32 Å². The Morgan fingerprint density at radius 2 is 2.20 bits per heavy atom. The highest BCUT2D eigenvalue weighted by Crippen LogP contribution is 2.31. The lowest BCUT2D eigenvalue weighted by atomic mass is 10.0. The summed E-state index contributed by atoms with van der Waals surface area (Å²) in [5, 5.41) is 14.3. The molecule has 1 aromatic rings. The molecule has 0 amide bonds. The van der Waals surface area contributed by atoms with Gasteiger partial charge < -0.3 is 10.2 Å². The van der Waals surface area contributed by atoms with Crippen molar-refractivity contribution >= 4 is 11.4 Å². The van der Waals surface area contributed by atoms with E-state index < -0.39 is 22.2 Å². The Morgan fingerprint density at radius 3 is 2.80 bits per heavy atom. The first-order chi connectivity index (χ1) is 9.49. The summed E-state index contributed by atoms with van der Waals surface area (Å²) in [5.74, 6) is -1.96. The fourth-order valence-corrected chi connectivity index (χ4v) is 2.53. The van der Waals surface area contributed by atoms with Gasteiger partial charge in [0.2, 0.25) is 5.82 Å². The summed E-state index contributed by atoms with van der Waals surface area (Å²) in [6, 6.07) is 1.72. The van der Waals surface area contributed by atoms with E-state index in [0.717, 1.165) is 31.9 Å². The highest BCUT2D eigenvalue weighted by Gasteiger charge is 2.26. The van der Waals surface area contributed by atoms with Gasteiger partial charge in [0, 0.05) is 31.8 Å². The lowest BCUT2D eigenvalue weighted by Gasteiger charge is -2.29. The molecule has 2 rings (SSSR count). The second-order valence-corrected chi connectivity index (χ2v) is 5.04. The van der Waals surface area contributed by atoms with Crippen LogP contribution in [0, 0.1) is 21.7 Å². The van der Waals surface area contributed by atoms with Crippen molar-refractivity contribution in [2.24, 2.45) is 0 Å². The first-order valence-corrected chi connectivity index (χ1v) is 6.57. The molecule has 1 N–H and O–H groups in total. The van der Waals surface area contributed by atoms with Crippen molar-refractivity contribution in [3.8, 4) is 0 Å². The van der Waals surface area contributed by atoms with Gasteiger partial charge in [0.25, 0.3) is 0 Å². The molecule has 110 valence electrons. The van der Waals surface area contributed by atoms with Gasteiger partial charge in [-0.3, -0.25) is 10.1 Å². The molecule has 0 aromatic heterocycles. The molecule has 1 heterocycles. The Kier molecular flexibility index (Phi) is 4.49. The summed E-state index contributed by atoms with van der Waals surface area (Å²) in [6.45, 7) is 1.38. The number of hydrogen-bond acceptors (Lipinski definition) is 4. The molecule has 1 saturated heterocycles. The molecular formula is C13H17F2N3O2. The van der Waals surface area contributed by atoms with Crippen LogP contribution >= 0.6 is 0 Å². The van der Waals surface area contributed by atoms with E-state index in [-0.39, 0.29) is 11.7 Å². The van der Waals surface area contributed by atoms with Crippen LogP contribution in [-0.2, 0) is 0 Å². The van der Waals surface area contributed by atoms with Crippen molar-refractivity contribution in [1.82, 2.24) is 5.32 Å². The van der Waals surface area contributed by atoms with Gasteiger partial charge in [0.15, 0.2) is 0 Å². The van der Waals surface area contributed by atoms with Crippen LogP contribution in [-0.4, -0.2) is 31.1 Å². The molecule has 1 aromatic carbocycles. The predicted octanol–water partition coefficient (Wildman–Crippen LogP) is 2.45. The maximum Gasteiger partial charge on any atom is 0.328 e. The third-order valence-electron chi connectivity index (χ3n) is 3.51. The van der Waals surface area contributed by atoms with E-state index in [4.69, 9.17) is 0 Å². The van der Waals surface area contributed by atoms with Crippen LogP contribution in [0.1, 0.15) is 19.3 Å². The molecule has 1 aliphatic rings. The van der Waals surface area contributed by atoms with Crippen molar-refractivity contribution in [2.75, 3.05) is 25.0 Å². The molecule has 0 aliphatic carbocycles. The number of nitro benzene ring substituents is 1. The summed E-state index contributed by atoms with van der Waals surface area (Å²) in [6.07, 6.45) is 3.15. The van der Waals surface area contributed by atoms with Crippen molar-refractivity contribution in [1.29, 1.82) is 0 Å². The summed E-state index contributed by atoms with van der Waals surface area (Å²) in [7, 11) is 1.61. The first kappa shape index (κ1) is 14.6. The number of nitrogens with one attached hydrogen (secondary N) is 1. The van der Waals surface area contributed by atoms with Gasteiger partial charge in [-0.1, -0.05) is 6.42 Å². The Labute approximate surface area is 115 Å². The molecule has 1 atom stereocenters. The molecule has 0 bridgehead atoms. The lowest BCUT2D eigenvalue weighted by Crippen LogP contribution is -2.42. The molecule has 0 saturated carbocycles. The lowest BCUT2D eigenvalue weighted by molar-refractivity contribution is -0.386. The number of halogens is 2. The number of hydrogen-bond donors (Lipinski definition) is 1. The Balaban J connectivity index is 2.23. The number of likely N-dealkylation sites (N-methyl/N-ethyl adjacent to an activating group) is 1. The number of piperidine rings is 1. The molecule has 7 heteroatoms. The molecule has 0 radical (unpaired) electrons. The highest BCUT2D eigenvalue weighted by molar-refractivity contribution is 5.63. The van der Waals surface area contributed by atoms with Crippen LogP contribution in [0.15, 0.2) is 12.1 Å². The van der Waals surface area contributed by atoms with Crippen molar-refractivity contribution in [3.63, 3.8) is 0 Å².